The highest BCUT2D eigenvalue weighted by Crippen LogP contribution is 2.29. The fourth-order valence-electron chi connectivity index (χ4n) is 2.48. The Hall–Kier alpha value is -1.45. The second-order valence-corrected chi connectivity index (χ2v) is 8.92. The van der Waals surface area contributed by atoms with Gasteiger partial charge in [0, 0.05) is 24.9 Å². The van der Waals surface area contributed by atoms with Crippen LogP contribution in [0.5, 0.6) is 0 Å². The fraction of sp³-hybridized carbons (Fsp3) is 0.800. The van der Waals surface area contributed by atoms with Crippen molar-refractivity contribution in [2.45, 2.75) is 64.9 Å². The summed E-state index contributed by atoms with van der Waals surface area (Å²) in [5.41, 5.74) is 0.488. The summed E-state index contributed by atoms with van der Waals surface area (Å²) in [7, 11) is 0. The van der Waals surface area contributed by atoms with Crippen LogP contribution in [0.3, 0.4) is 0 Å². The van der Waals surface area contributed by atoms with Crippen molar-refractivity contribution in [3.63, 3.8) is 0 Å². The minimum atomic E-state index is -0.677. The Kier molecular flexibility index (Phi) is 11.4. The summed E-state index contributed by atoms with van der Waals surface area (Å²) < 4.78 is 26.2. The van der Waals surface area contributed by atoms with E-state index in [1.165, 1.54) is 11.8 Å². The zero-order valence-corrected chi connectivity index (χ0v) is 19.2. The van der Waals surface area contributed by atoms with E-state index in [0.717, 1.165) is 12.0 Å². The van der Waals surface area contributed by atoms with Crippen molar-refractivity contribution in [3.8, 4) is 0 Å². The van der Waals surface area contributed by atoms with Gasteiger partial charge in [0.25, 0.3) is 0 Å². The number of nitrogens with zero attached hydrogens (tertiary/aromatic N) is 1. The first kappa shape index (κ1) is 25.6. The number of rotatable bonds is 9. The average Bonchev–Trinajstić information content (AvgIpc) is 2.60. The second kappa shape index (κ2) is 13.0. The Balaban J connectivity index is 2.64. The molecule has 0 spiro atoms. The quantitative estimate of drug-likeness (QED) is 0.232. The van der Waals surface area contributed by atoms with Crippen molar-refractivity contribution in [2.75, 3.05) is 39.0 Å². The third kappa shape index (κ3) is 11.3. The lowest BCUT2D eigenvalue weighted by molar-refractivity contribution is -0.0392. The van der Waals surface area contributed by atoms with E-state index in [1.807, 2.05) is 33.8 Å². The van der Waals surface area contributed by atoms with Gasteiger partial charge in [-0.15, -0.1) is 11.8 Å². The first-order valence-corrected chi connectivity index (χ1v) is 10.9. The van der Waals surface area contributed by atoms with Crippen molar-refractivity contribution in [1.29, 1.82) is 0 Å². The lowest BCUT2D eigenvalue weighted by atomic mass is 10.0. The van der Waals surface area contributed by atoms with Crippen LogP contribution in [0.25, 0.3) is 0 Å². The molecule has 0 aliphatic carbocycles. The molecule has 0 saturated carbocycles. The van der Waals surface area contributed by atoms with Crippen molar-refractivity contribution < 1.29 is 33.3 Å². The Labute approximate surface area is 178 Å². The van der Waals surface area contributed by atoms with Crippen LogP contribution < -0.4 is 0 Å². The summed E-state index contributed by atoms with van der Waals surface area (Å²) in [6.07, 6.45) is 1.45. The molecule has 0 bridgehead atoms. The van der Waals surface area contributed by atoms with E-state index in [4.69, 9.17) is 23.7 Å². The van der Waals surface area contributed by atoms with Crippen molar-refractivity contribution >= 4 is 24.0 Å². The molecular formula is C20H35NO7S. The Bertz CT molecular complexity index is 545. The normalized spacial score (nSPS) is 18.8. The highest BCUT2D eigenvalue weighted by Gasteiger charge is 2.30. The molecule has 0 aromatic carbocycles. The van der Waals surface area contributed by atoms with Crippen LogP contribution in [0.1, 0.15) is 48.0 Å². The summed E-state index contributed by atoms with van der Waals surface area (Å²) in [4.78, 5) is 25.7. The van der Waals surface area contributed by atoms with Gasteiger partial charge in [0.1, 0.15) is 18.3 Å². The maximum Gasteiger partial charge on any atom is 0.509 e. The molecule has 1 fully saturated rings. The number of piperidine rings is 1. The number of amides is 1. The van der Waals surface area contributed by atoms with Crippen molar-refractivity contribution in [2.24, 2.45) is 0 Å². The van der Waals surface area contributed by atoms with E-state index in [9.17, 15) is 9.59 Å². The third-order valence-corrected chi connectivity index (χ3v) is 4.91. The number of hydrogen-bond donors (Lipinski definition) is 0. The molecule has 1 heterocycles. The SMILES string of the molecule is CCOCOC/C=C1/CN(C(=O)OC(C)(C)C)CCC1SCOC(=O)OC(C)C. The zero-order chi connectivity index (χ0) is 21.9. The molecular weight excluding hydrogens is 398 g/mol. The van der Waals surface area contributed by atoms with E-state index in [0.29, 0.717) is 26.3 Å². The van der Waals surface area contributed by atoms with Crippen LogP contribution in [-0.4, -0.2) is 73.1 Å². The maximum absolute atomic E-state index is 12.4. The molecule has 9 heteroatoms. The molecule has 0 aromatic heterocycles. The van der Waals surface area contributed by atoms with Gasteiger partial charge in [0.05, 0.1) is 12.7 Å². The molecule has 1 amide bonds. The van der Waals surface area contributed by atoms with E-state index < -0.39 is 11.8 Å². The number of likely N-dealkylation sites (tertiary alicyclic amines) is 1. The summed E-state index contributed by atoms with van der Waals surface area (Å²) in [5.74, 6) is 0.180. The predicted molar refractivity (Wildman–Crippen MR) is 112 cm³/mol. The highest BCUT2D eigenvalue weighted by atomic mass is 32.2. The van der Waals surface area contributed by atoms with Gasteiger partial charge in [-0.1, -0.05) is 6.08 Å². The molecule has 168 valence electrons. The molecule has 1 aliphatic rings. The third-order valence-electron chi connectivity index (χ3n) is 3.71. The standard InChI is InChI=1S/C20H35NO7S/c1-7-24-13-25-11-9-16-12-21(18(22)28-20(4,5)6)10-8-17(16)29-14-26-19(23)27-15(2)3/h9,15,17H,7-8,10-14H2,1-6H3/b16-9-. The highest BCUT2D eigenvalue weighted by molar-refractivity contribution is 7.99. The predicted octanol–water partition coefficient (Wildman–Crippen LogP) is 4.19. The van der Waals surface area contributed by atoms with Crippen LogP contribution in [-0.2, 0) is 23.7 Å². The van der Waals surface area contributed by atoms with Gasteiger partial charge in [-0.3, -0.25) is 0 Å². The van der Waals surface area contributed by atoms with Gasteiger partial charge in [0.2, 0.25) is 0 Å². The Morgan fingerprint density at radius 1 is 1.28 bits per heavy atom. The van der Waals surface area contributed by atoms with Crippen LogP contribution in [0.15, 0.2) is 11.6 Å². The smallest absolute Gasteiger partial charge is 0.444 e. The van der Waals surface area contributed by atoms with E-state index in [2.05, 4.69) is 0 Å². The molecule has 0 aromatic rings. The molecule has 1 aliphatic heterocycles. The molecule has 1 saturated heterocycles. The van der Waals surface area contributed by atoms with Crippen molar-refractivity contribution in [1.82, 2.24) is 4.90 Å². The van der Waals surface area contributed by atoms with Crippen LogP contribution >= 0.6 is 11.8 Å². The monoisotopic (exact) mass is 433 g/mol. The number of carbonyl (C=O) groups is 2. The molecule has 0 radical (unpaired) electrons. The average molecular weight is 434 g/mol. The van der Waals surface area contributed by atoms with Crippen LogP contribution in [0.2, 0.25) is 0 Å². The van der Waals surface area contributed by atoms with Gasteiger partial charge in [0.15, 0.2) is 0 Å². The summed E-state index contributed by atoms with van der Waals surface area (Å²) in [6.45, 7) is 13.2. The van der Waals surface area contributed by atoms with E-state index in [-0.39, 0.29) is 30.2 Å². The molecule has 0 N–H and O–H groups in total. The fourth-order valence-corrected chi connectivity index (χ4v) is 3.46. The van der Waals surface area contributed by atoms with Crippen molar-refractivity contribution in [3.05, 3.63) is 11.6 Å². The molecule has 29 heavy (non-hydrogen) atoms. The van der Waals surface area contributed by atoms with Crippen LogP contribution in [0.4, 0.5) is 9.59 Å². The van der Waals surface area contributed by atoms with Gasteiger partial charge in [-0.2, -0.15) is 0 Å². The number of ether oxygens (including phenoxy) is 5. The minimum Gasteiger partial charge on any atom is -0.444 e. The number of carbonyl (C=O) groups excluding carboxylic acids is 2. The first-order chi connectivity index (χ1) is 13.6. The number of hydrogen-bond acceptors (Lipinski definition) is 8. The van der Waals surface area contributed by atoms with Gasteiger partial charge < -0.3 is 28.6 Å². The lowest BCUT2D eigenvalue weighted by Gasteiger charge is -2.35. The van der Waals surface area contributed by atoms with Gasteiger partial charge in [-0.05, 0) is 53.5 Å². The minimum absolute atomic E-state index is 0.108. The van der Waals surface area contributed by atoms with Gasteiger partial charge in [-0.25, -0.2) is 9.59 Å². The molecule has 8 nitrogen and oxygen atoms in total. The summed E-state index contributed by atoms with van der Waals surface area (Å²) in [6, 6.07) is 0. The van der Waals surface area contributed by atoms with E-state index in [1.54, 1.807) is 18.7 Å². The topological polar surface area (TPSA) is 83.5 Å². The Morgan fingerprint density at radius 2 is 2.00 bits per heavy atom. The molecule has 1 atom stereocenters. The lowest BCUT2D eigenvalue weighted by Crippen LogP contribution is -2.43. The molecule has 1 rings (SSSR count). The largest absolute Gasteiger partial charge is 0.509 e. The summed E-state index contributed by atoms with van der Waals surface area (Å²) in [5, 5.41) is 0.108. The molecule has 1 unspecified atom stereocenters. The second-order valence-electron chi connectivity index (χ2n) is 7.79. The number of thioether (sulfide) groups is 1. The summed E-state index contributed by atoms with van der Waals surface area (Å²) >= 11 is 1.50. The zero-order valence-electron chi connectivity index (χ0n) is 18.4. The Morgan fingerprint density at radius 3 is 2.62 bits per heavy atom. The first-order valence-electron chi connectivity index (χ1n) is 9.89. The maximum atomic E-state index is 12.4. The van der Waals surface area contributed by atoms with E-state index >= 15 is 0 Å². The van der Waals surface area contributed by atoms with Crippen LogP contribution in [0, 0.1) is 0 Å². The van der Waals surface area contributed by atoms with Gasteiger partial charge >= 0.3 is 12.2 Å².